The Labute approximate surface area is 210 Å². The minimum absolute atomic E-state index is 0.129. The molecule has 3 aromatic carbocycles. The number of nitrogens with zero attached hydrogens (tertiary/aromatic N) is 3. The van der Waals surface area contributed by atoms with Crippen molar-refractivity contribution < 1.29 is 13.2 Å². The Bertz CT molecular complexity index is 1570. The van der Waals surface area contributed by atoms with Crippen LogP contribution in [0.5, 0.6) is 0 Å². The highest BCUT2D eigenvalue weighted by Gasteiger charge is 2.20. The molecule has 1 amide bonds. The summed E-state index contributed by atoms with van der Waals surface area (Å²) in [6, 6.07) is 23.1. The predicted molar refractivity (Wildman–Crippen MR) is 142 cm³/mol. The van der Waals surface area contributed by atoms with Gasteiger partial charge in [0.15, 0.2) is 0 Å². The fourth-order valence-corrected chi connectivity index (χ4v) is 4.89. The Kier molecular flexibility index (Phi) is 6.85. The van der Waals surface area contributed by atoms with E-state index in [-0.39, 0.29) is 17.8 Å². The van der Waals surface area contributed by atoms with Crippen molar-refractivity contribution in [3.63, 3.8) is 0 Å². The van der Waals surface area contributed by atoms with E-state index in [1.165, 1.54) is 15.2 Å². The third-order valence-corrected chi connectivity index (χ3v) is 7.17. The zero-order valence-electron chi connectivity index (χ0n) is 20.6. The molecular weight excluding hydrogens is 476 g/mol. The second-order valence-electron chi connectivity index (χ2n) is 8.70. The third-order valence-electron chi connectivity index (χ3n) is 6.03. The molecule has 0 aliphatic rings. The van der Waals surface area contributed by atoms with Crippen molar-refractivity contribution in [1.29, 1.82) is 0 Å². The molecular formula is C27H28N4O4S. The Hall–Kier alpha value is -4.11. The molecule has 0 aliphatic carbocycles. The second-order valence-corrected chi connectivity index (χ2v) is 10.6. The van der Waals surface area contributed by atoms with E-state index in [1.54, 1.807) is 49.0 Å². The fraction of sp³-hybridized carbons (Fsp3) is 0.185. The smallest absolute Gasteiger partial charge is 0.295 e. The molecule has 8 nitrogen and oxygen atoms in total. The zero-order valence-corrected chi connectivity index (χ0v) is 21.4. The van der Waals surface area contributed by atoms with Gasteiger partial charge in [-0.25, -0.2) is 13.1 Å². The van der Waals surface area contributed by atoms with Crippen LogP contribution in [0.3, 0.4) is 0 Å². The number of hydrogen-bond acceptors (Lipinski definition) is 4. The number of aromatic nitrogens is 2. The molecule has 0 aliphatic heterocycles. The standard InChI is InChI=1S/C27H28N4O4S/c1-19-9-8-12-24(17-19)30(36(4,34)35)18-21-13-15-22(16-14-21)26(32)28-25-20(2)29(3)31(27(25)33)23-10-6-5-7-11-23/h5-17H,18H2,1-4H3,(H,28,32). The zero-order chi connectivity index (χ0) is 26.0. The third kappa shape index (κ3) is 5.11. The molecule has 186 valence electrons. The second kappa shape index (κ2) is 9.87. The number of rotatable bonds is 7. The lowest BCUT2D eigenvalue weighted by Gasteiger charge is -2.23. The lowest BCUT2D eigenvalue weighted by molar-refractivity contribution is 0.102. The van der Waals surface area contributed by atoms with E-state index in [1.807, 2.05) is 55.5 Å². The van der Waals surface area contributed by atoms with Crippen LogP contribution in [-0.4, -0.2) is 29.9 Å². The van der Waals surface area contributed by atoms with Crippen LogP contribution in [0, 0.1) is 13.8 Å². The predicted octanol–water partition coefficient (Wildman–Crippen LogP) is 4.01. The summed E-state index contributed by atoms with van der Waals surface area (Å²) < 4.78 is 29.4. The fourth-order valence-electron chi connectivity index (χ4n) is 4.01. The highest BCUT2D eigenvalue weighted by molar-refractivity contribution is 7.92. The van der Waals surface area contributed by atoms with Gasteiger partial charge in [0.25, 0.3) is 11.5 Å². The van der Waals surface area contributed by atoms with E-state index >= 15 is 0 Å². The average molecular weight is 505 g/mol. The summed E-state index contributed by atoms with van der Waals surface area (Å²) in [7, 11) is -1.76. The molecule has 4 aromatic rings. The molecule has 0 saturated carbocycles. The van der Waals surface area contributed by atoms with Crippen LogP contribution < -0.4 is 15.2 Å². The Morgan fingerprint density at radius 2 is 1.61 bits per heavy atom. The number of amides is 1. The van der Waals surface area contributed by atoms with Crippen molar-refractivity contribution in [3.8, 4) is 5.69 Å². The van der Waals surface area contributed by atoms with Crippen molar-refractivity contribution in [1.82, 2.24) is 9.36 Å². The van der Waals surface area contributed by atoms with E-state index in [0.29, 0.717) is 22.6 Å². The first-order chi connectivity index (χ1) is 17.1. The van der Waals surface area contributed by atoms with E-state index in [2.05, 4.69) is 5.32 Å². The van der Waals surface area contributed by atoms with Crippen LogP contribution in [0.25, 0.3) is 5.69 Å². The molecule has 1 heterocycles. The Morgan fingerprint density at radius 3 is 2.22 bits per heavy atom. The number of carbonyl (C=O) groups excluding carboxylic acids is 1. The molecule has 0 fully saturated rings. The van der Waals surface area contributed by atoms with Gasteiger partial charge >= 0.3 is 0 Å². The van der Waals surface area contributed by atoms with Crippen molar-refractivity contribution in [2.45, 2.75) is 20.4 Å². The maximum absolute atomic E-state index is 13.1. The number of nitrogens with one attached hydrogen (secondary N) is 1. The molecule has 0 spiro atoms. The number of sulfonamides is 1. The molecule has 4 rings (SSSR count). The van der Waals surface area contributed by atoms with Gasteiger partial charge in [-0.1, -0.05) is 42.5 Å². The minimum atomic E-state index is -3.52. The van der Waals surface area contributed by atoms with Gasteiger partial charge < -0.3 is 5.32 Å². The first-order valence-corrected chi connectivity index (χ1v) is 13.2. The van der Waals surface area contributed by atoms with Gasteiger partial charge in [0.05, 0.1) is 29.9 Å². The SMILES string of the molecule is Cc1cccc(N(Cc2ccc(C(=O)Nc3c(C)n(C)n(-c4ccccc4)c3=O)cc2)S(C)(=O)=O)c1. The topological polar surface area (TPSA) is 93.4 Å². The van der Waals surface area contributed by atoms with Crippen LogP contribution in [0.1, 0.15) is 27.2 Å². The highest BCUT2D eigenvalue weighted by atomic mass is 32.2. The summed E-state index contributed by atoms with van der Waals surface area (Å²) >= 11 is 0. The molecule has 0 bridgehead atoms. The Morgan fingerprint density at radius 1 is 0.944 bits per heavy atom. The number of aryl methyl sites for hydroxylation is 1. The van der Waals surface area contributed by atoms with Crippen LogP contribution in [0.15, 0.2) is 83.7 Å². The number of hydrogen-bond donors (Lipinski definition) is 1. The van der Waals surface area contributed by atoms with Crippen LogP contribution in [0.2, 0.25) is 0 Å². The first-order valence-electron chi connectivity index (χ1n) is 11.3. The summed E-state index contributed by atoms with van der Waals surface area (Å²) in [5, 5.41) is 2.74. The minimum Gasteiger partial charge on any atom is -0.316 e. The van der Waals surface area contributed by atoms with Gasteiger partial charge in [-0.05, 0) is 61.4 Å². The molecule has 1 N–H and O–H groups in total. The van der Waals surface area contributed by atoms with Gasteiger partial charge in [0, 0.05) is 12.6 Å². The van der Waals surface area contributed by atoms with E-state index in [4.69, 9.17) is 0 Å². The number of carbonyl (C=O) groups is 1. The lowest BCUT2D eigenvalue weighted by atomic mass is 10.1. The van der Waals surface area contributed by atoms with E-state index in [9.17, 15) is 18.0 Å². The van der Waals surface area contributed by atoms with E-state index in [0.717, 1.165) is 11.1 Å². The average Bonchev–Trinajstić information content (AvgIpc) is 3.05. The first kappa shape index (κ1) is 25.0. The highest BCUT2D eigenvalue weighted by Crippen LogP contribution is 2.22. The number of benzene rings is 3. The molecule has 0 atom stereocenters. The van der Waals surface area contributed by atoms with Gasteiger partial charge in [-0.15, -0.1) is 0 Å². The van der Waals surface area contributed by atoms with Crippen molar-refractivity contribution in [2.75, 3.05) is 15.9 Å². The summed E-state index contributed by atoms with van der Waals surface area (Å²) in [4.78, 5) is 26.0. The lowest BCUT2D eigenvalue weighted by Crippen LogP contribution is -2.29. The van der Waals surface area contributed by atoms with Crippen LogP contribution >= 0.6 is 0 Å². The quantitative estimate of drug-likeness (QED) is 0.412. The summed E-state index contributed by atoms with van der Waals surface area (Å²) in [5.41, 5.74) is 3.81. The largest absolute Gasteiger partial charge is 0.316 e. The van der Waals surface area contributed by atoms with Crippen molar-refractivity contribution in [3.05, 3.63) is 112 Å². The maximum Gasteiger partial charge on any atom is 0.295 e. The number of anilines is 2. The normalized spacial score (nSPS) is 11.3. The van der Waals surface area contributed by atoms with Gasteiger partial charge in [-0.2, -0.15) is 0 Å². The van der Waals surface area contributed by atoms with Gasteiger partial charge in [0.2, 0.25) is 10.0 Å². The molecule has 0 radical (unpaired) electrons. The Balaban J connectivity index is 1.56. The van der Waals surface area contributed by atoms with Gasteiger partial charge in [-0.3, -0.25) is 18.6 Å². The molecule has 1 aromatic heterocycles. The summed E-state index contributed by atoms with van der Waals surface area (Å²) in [6.07, 6.45) is 1.17. The van der Waals surface area contributed by atoms with E-state index < -0.39 is 15.9 Å². The maximum atomic E-state index is 13.1. The van der Waals surface area contributed by atoms with Crippen LogP contribution in [0.4, 0.5) is 11.4 Å². The monoisotopic (exact) mass is 504 g/mol. The molecule has 36 heavy (non-hydrogen) atoms. The molecule has 0 saturated heterocycles. The molecule has 9 heteroatoms. The molecule has 0 unspecified atom stereocenters. The van der Waals surface area contributed by atoms with Crippen molar-refractivity contribution in [2.24, 2.45) is 7.05 Å². The summed E-state index contributed by atoms with van der Waals surface area (Å²) in [6.45, 7) is 3.80. The number of para-hydroxylation sites is 1. The van der Waals surface area contributed by atoms with Crippen molar-refractivity contribution >= 4 is 27.3 Å². The van der Waals surface area contributed by atoms with Crippen LogP contribution in [-0.2, 0) is 23.6 Å². The van der Waals surface area contributed by atoms with Gasteiger partial charge in [0.1, 0.15) is 5.69 Å². The summed E-state index contributed by atoms with van der Waals surface area (Å²) in [5.74, 6) is -0.425.